The molecule has 0 spiro atoms. The highest BCUT2D eigenvalue weighted by molar-refractivity contribution is 7.18. The Labute approximate surface area is 156 Å². The van der Waals surface area contributed by atoms with Crippen LogP contribution in [0.25, 0.3) is 0 Å². The molecule has 0 bridgehead atoms. The standard InChI is InChI=1S/C18H21ClN2O3S/c1-18(2,3)21-17(23)14-7-8-16(25-14)20-15(22)10-11-9-12(19)5-6-13(11)24-4/h5-9H,10H2,1-4H3,(H,20,22)(H,21,23). The average molecular weight is 381 g/mol. The molecule has 0 saturated heterocycles. The fourth-order valence-corrected chi connectivity index (χ4v) is 3.18. The van der Waals surface area contributed by atoms with Crippen LogP contribution in [0.15, 0.2) is 30.3 Å². The molecule has 1 aromatic heterocycles. The Morgan fingerprint density at radius 2 is 1.92 bits per heavy atom. The van der Waals surface area contributed by atoms with Gasteiger partial charge in [0, 0.05) is 16.1 Å². The van der Waals surface area contributed by atoms with Crippen molar-refractivity contribution in [1.29, 1.82) is 0 Å². The molecule has 0 aliphatic rings. The van der Waals surface area contributed by atoms with Crippen LogP contribution in [-0.4, -0.2) is 24.5 Å². The van der Waals surface area contributed by atoms with Crippen LogP contribution in [-0.2, 0) is 11.2 Å². The monoisotopic (exact) mass is 380 g/mol. The van der Waals surface area contributed by atoms with Gasteiger partial charge in [-0.3, -0.25) is 9.59 Å². The van der Waals surface area contributed by atoms with Crippen molar-refractivity contribution in [3.05, 3.63) is 45.8 Å². The molecule has 2 aromatic rings. The number of halogens is 1. The summed E-state index contributed by atoms with van der Waals surface area (Å²) in [6, 6.07) is 8.56. The topological polar surface area (TPSA) is 67.4 Å². The van der Waals surface area contributed by atoms with Crippen LogP contribution in [0.1, 0.15) is 36.0 Å². The van der Waals surface area contributed by atoms with Crippen molar-refractivity contribution < 1.29 is 14.3 Å². The molecule has 0 radical (unpaired) electrons. The van der Waals surface area contributed by atoms with Crippen molar-refractivity contribution in [3.8, 4) is 5.75 Å². The first-order valence-electron chi connectivity index (χ1n) is 7.72. The Morgan fingerprint density at radius 1 is 1.20 bits per heavy atom. The molecule has 0 unspecified atom stereocenters. The van der Waals surface area contributed by atoms with E-state index in [1.165, 1.54) is 11.3 Å². The number of carbonyl (C=O) groups is 2. The van der Waals surface area contributed by atoms with Gasteiger partial charge in [0.05, 0.1) is 23.4 Å². The third-order valence-electron chi connectivity index (χ3n) is 3.17. The number of anilines is 1. The van der Waals surface area contributed by atoms with E-state index in [-0.39, 0.29) is 23.8 Å². The minimum atomic E-state index is -0.312. The molecule has 0 aliphatic carbocycles. The maximum atomic E-state index is 12.3. The fraction of sp³-hybridized carbons (Fsp3) is 0.333. The van der Waals surface area contributed by atoms with Crippen LogP contribution in [0.2, 0.25) is 5.02 Å². The summed E-state index contributed by atoms with van der Waals surface area (Å²) < 4.78 is 5.24. The SMILES string of the molecule is COc1ccc(Cl)cc1CC(=O)Nc1ccc(C(=O)NC(C)(C)C)s1. The van der Waals surface area contributed by atoms with E-state index in [1.54, 1.807) is 37.4 Å². The first kappa shape index (κ1) is 19.3. The predicted octanol–water partition coefficient (Wildman–Crippen LogP) is 4.12. The zero-order valence-electron chi connectivity index (χ0n) is 14.6. The number of thiophene rings is 1. The van der Waals surface area contributed by atoms with Gasteiger partial charge in [-0.2, -0.15) is 0 Å². The van der Waals surface area contributed by atoms with Crippen LogP contribution in [0, 0.1) is 0 Å². The van der Waals surface area contributed by atoms with E-state index < -0.39 is 0 Å². The Balaban J connectivity index is 2.02. The molecule has 0 atom stereocenters. The maximum Gasteiger partial charge on any atom is 0.261 e. The summed E-state index contributed by atoms with van der Waals surface area (Å²) >= 11 is 7.21. The van der Waals surface area contributed by atoms with Crippen molar-refractivity contribution in [2.75, 3.05) is 12.4 Å². The zero-order chi connectivity index (χ0) is 18.6. The number of amides is 2. The van der Waals surface area contributed by atoms with Crippen molar-refractivity contribution in [2.24, 2.45) is 0 Å². The molecular weight excluding hydrogens is 360 g/mol. The molecule has 2 rings (SSSR count). The summed E-state index contributed by atoms with van der Waals surface area (Å²) in [5.41, 5.74) is 0.392. The molecule has 1 heterocycles. The van der Waals surface area contributed by atoms with Gasteiger partial charge in [-0.25, -0.2) is 0 Å². The number of nitrogens with one attached hydrogen (secondary N) is 2. The van der Waals surface area contributed by atoms with Crippen molar-refractivity contribution in [3.63, 3.8) is 0 Å². The molecule has 5 nitrogen and oxygen atoms in total. The van der Waals surface area contributed by atoms with E-state index in [4.69, 9.17) is 16.3 Å². The average Bonchev–Trinajstić information content (AvgIpc) is 2.94. The fourth-order valence-electron chi connectivity index (χ4n) is 2.17. The van der Waals surface area contributed by atoms with Gasteiger partial charge < -0.3 is 15.4 Å². The van der Waals surface area contributed by atoms with E-state index in [1.807, 2.05) is 20.8 Å². The van der Waals surface area contributed by atoms with Gasteiger partial charge in [0.2, 0.25) is 5.91 Å². The van der Waals surface area contributed by atoms with E-state index in [0.29, 0.717) is 26.2 Å². The smallest absolute Gasteiger partial charge is 0.261 e. The number of hydrogen-bond acceptors (Lipinski definition) is 4. The summed E-state index contributed by atoms with van der Waals surface area (Å²) in [5.74, 6) is 0.246. The number of hydrogen-bond donors (Lipinski definition) is 2. The van der Waals surface area contributed by atoms with Gasteiger partial charge in [-0.15, -0.1) is 11.3 Å². The number of rotatable bonds is 5. The summed E-state index contributed by atoms with van der Waals surface area (Å²) in [7, 11) is 1.55. The third kappa shape index (κ3) is 5.76. The minimum Gasteiger partial charge on any atom is -0.496 e. The van der Waals surface area contributed by atoms with Crippen LogP contribution in [0.5, 0.6) is 5.75 Å². The van der Waals surface area contributed by atoms with Gasteiger partial charge >= 0.3 is 0 Å². The summed E-state index contributed by atoms with van der Waals surface area (Å²) in [5, 5.41) is 6.85. The van der Waals surface area contributed by atoms with Crippen LogP contribution >= 0.6 is 22.9 Å². The van der Waals surface area contributed by atoms with Crippen molar-refractivity contribution in [1.82, 2.24) is 5.32 Å². The molecule has 0 saturated carbocycles. The highest BCUT2D eigenvalue weighted by atomic mass is 35.5. The van der Waals surface area contributed by atoms with Gasteiger partial charge in [0.15, 0.2) is 0 Å². The molecular formula is C18H21ClN2O3S. The first-order valence-corrected chi connectivity index (χ1v) is 8.92. The zero-order valence-corrected chi connectivity index (χ0v) is 16.2. The summed E-state index contributed by atoms with van der Waals surface area (Å²) in [6.07, 6.45) is 0.130. The van der Waals surface area contributed by atoms with Crippen LogP contribution < -0.4 is 15.4 Å². The molecule has 0 aliphatic heterocycles. The second-order valence-corrected chi connectivity index (χ2v) is 8.07. The lowest BCUT2D eigenvalue weighted by atomic mass is 10.1. The van der Waals surface area contributed by atoms with Crippen LogP contribution in [0.4, 0.5) is 5.00 Å². The third-order valence-corrected chi connectivity index (χ3v) is 4.41. The number of methoxy groups -OCH3 is 1. The van der Waals surface area contributed by atoms with Gasteiger partial charge in [-0.1, -0.05) is 11.6 Å². The predicted molar refractivity (Wildman–Crippen MR) is 102 cm³/mol. The second-order valence-electron chi connectivity index (χ2n) is 6.55. The molecule has 2 amide bonds. The lowest BCUT2D eigenvalue weighted by molar-refractivity contribution is -0.115. The first-order chi connectivity index (χ1) is 11.7. The molecule has 7 heteroatoms. The number of ether oxygens (including phenoxy) is 1. The highest BCUT2D eigenvalue weighted by Gasteiger charge is 2.17. The Morgan fingerprint density at radius 3 is 2.56 bits per heavy atom. The van der Waals surface area contributed by atoms with E-state index in [9.17, 15) is 9.59 Å². The van der Waals surface area contributed by atoms with Crippen molar-refractivity contribution in [2.45, 2.75) is 32.7 Å². The second kappa shape index (κ2) is 7.89. The molecule has 2 N–H and O–H groups in total. The minimum absolute atomic E-state index is 0.130. The Hall–Kier alpha value is -2.05. The number of carbonyl (C=O) groups excluding carboxylic acids is 2. The van der Waals surface area contributed by atoms with E-state index >= 15 is 0 Å². The normalized spacial score (nSPS) is 11.1. The van der Waals surface area contributed by atoms with E-state index in [0.717, 1.165) is 0 Å². The maximum absolute atomic E-state index is 12.3. The summed E-state index contributed by atoms with van der Waals surface area (Å²) in [6.45, 7) is 5.75. The molecule has 1 aromatic carbocycles. The van der Waals surface area contributed by atoms with Gasteiger partial charge in [-0.05, 0) is 51.1 Å². The van der Waals surface area contributed by atoms with Crippen molar-refractivity contribution >= 4 is 39.8 Å². The largest absolute Gasteiger partial charge is 0.496 e. The number of benzene rings is 1. The molecule has 0 fully saturated rings. The van der Waals surface area contributed by atoms with Crippen LogP contribution in [0.3, 0.4) is 0 Å². The molecule has 134 valence electrons. The van der Waals surface area contributed by atoms with Gasteiger partial charge in [0.1, 0.15) is 5.75 Å². The molecule has 25 heavy (non-hydrogen) atoms. The quantitative estimate of drug-likeness (QED) is 0.819. The Kier molecular flexibility index (Phi) is 6.08. The highest BCUT2D eigenvalue weighted by Crippen LogP contribution is 2.25. The Bertz CT molecular complexity index is 781. The lowest BCUT2D eigenvalue weighted by Crippen LogP contribution is -2.40. The van der Waals surface area contributed by atoms with E-state index in [2.05, 4.69) is 10.6 Å². The lowest BCUT2D eigenvalue weighted by Gasteiger charge is -2.19. The summed E-state index contributed by atoms with van der Waals surface area (Å²) in [4.78, 5) is 24.9. The van der Waals surface area contributed by atoms with Gasteiger partial charge in [0.25, 0.3) is 5.91 Å².